The number of benzene rings is 4. The maximum Gasteiger partial charge on any atom is 0.255 e. The van der Waals surface area contributed by atoms with E-state index in [0.29, 0.717) is 43.4 Å². The number of piperazine rings is 1. The van der Waals surface area contributed by atoms with Crippen molar-refractivity contribution in [3.05, 3.63) is 107 Å². The van der Waals surface area contributed by atoms with Crippen LogP contribution in [-0.4, -0.2) is 104 Å². The molecule has 12 nitrogen and oxygen atoms in total. The number of phenolic OH excluding ortho intramolecular Hbond substituents is 1. The highest BCUT2D eigenvalue weighted by Gasteiger charge is 2.43. The Balaban J connectivity index is 0.779. The molecule has 6 aliphatic heterocycles. The third-order valence-corrected chi connectivity index (χ3v) is 13.4. The van der Waals surface area contributed by atoms with E-state index in [9.17, 15) is 19.5 Å². The van der Waals surface area contributed by atoms with Crippen LogP contribution in [0.5, 0.6) is 23.0 Å². The molecule has 6 aliphatic rings. The van der Waals surface area contributed by atoms with E-state index in [-0.39, 0.29) is 41.9 Å². The number of aromatic hydroxyl groups is 1. The van der Waals surface area contributed by atoms with Crippen molar-refractivity contribution in [2.75, 3.05) is 69.4 Å². The number of hydrogen-bond donors (Lipinski definition) is 2. The van der Waals surface area contributed by atoms with Crippen molar-refractivity contribution in [2.24, 2.45) is 5.92 Å². The Kier molecular flexibility index (Phi) is 9.39. The summed E-state index contributed by atoms with van der Waals surface area (Å²) in [5.41, 5.74) is 7.01. The summed E-state index contributed by atoms with van der Waals surface area (Å²) in [4.78, 5) is 46.9. The molecule has 0 saturated carbocycles. The summed E-state index contributed by atoms with van der Waals surface area (Å²) < 4.78 is 18.8. The maximum absolute atomic E-state index is 13.4. The van der Waals surface area contributed by atoms with Gasteiger partial charge in [0.25, 0.3) is 5.91 Å². The largest absolute Gasteiger partial charge is 0.508 e. The number of carbonyl (C=O) groups excluding carboxylic acids is 3. The minimum Gasteiger partial charge on any atom is -0.508 e. The van der Waals surface area contributed by atoms with Crippen LogP contribution in [0.1, 0.15) is 70.1 Å². The number of ether oxygens (including phenoxy) is 3. The smallest absolute Gasteiger partial charge is 0.255 e. The van der Waals surface area contributed by atoms with Gasteiger partial charge in [-0.25, -0.2) is 0 Å². The van der Waals surface area contributed by atoms with Crippen LogP contribution < -0.4 is 29.3 Å². The number of imide groups is 1. The SMILES string of the molecule is COc1cc(N2CCC(CN3CCN4c5ccc6c(c5OC[C@H]4C3)CN(C3CCC(=O)NC3=O)C6=O)CC2)ccc1[C@@H]1c2ccc(O)cc2OC[C@@H]1c1ccccc1. The Hall–Kier alpha value is -5.75. The van der Waals surface area contributed by atoms with Gasteiger partial charge in [-0.2, -0.15) is 0 Å². The highest BCUT2D eigenvalue weighted by molar-refractivity contribution is 6.06. The second kappa shape index (κ2) is 14.9. The molecule has 3 saturated heterocycles. The third kappa shape index (κ3) is 6.47. The van der Waals surface area contributed by atoms with Gasteiger partial charge in [-0.1, -0.05) is 42.5 Å². The van der Waals surface area contributed by atoms with Crippen molar-refractivity contribution < 1.29 is 33.7 Å². The summed E-state index contributed by atoms with van der Waals surface area (Å²) >= 11 is 0. The van der Waals surface area contributed by atoms with E-state index in [2.05, 4.69) is 62.5 Å². The van der Waals surface area contributed by atoms with E-state index in [1.807, 2.05) is 24.3 Å². The van der Waals surface area contributed by atoms with E-state index >= 15 is 0 Å². The number of nitrogens with one attached hydrogen (secondary N) is 1. The fourth-order valence-electron chi connectivity index (χ4n) is 10.4. The third-order valence-electron chi connectivity index (χ3n) is 13.4. The first-order chi connectivity index (χ1) is 28.3. The fourth-order valence-corrected chi connectivity index (χ4v) is 10.4. The first kappa shape index (κ1) is 36.6. The Morgan fingerprint density at radius 2 is 1.67 bits per heavy atom. The second-order valence-electron chi connectivity index (χ2n) is 16.6. The minimum atomic E-state index is -0.643. The van der Waals surface area contributed by atoms with E-state index in [1.54, 1.807) is 24.1 Å². The average Bonchev–Trinajstić information content (AvgIpc) is 3.59. The number of piperidine rings is 2. The van der Waals surface area contributed by atoms with Crippen LogP contribution in [-0.2, 0) is 16.1 Å². The standard InChI is InChI=1S/C46H49N5O7/c1-56-40-21-30(7-9-34(40)43-35-10-8-32(52)22-41(35)57-27-37(43)29-5-3-2-4-6-29)49-17-15-28(16-18-49)23-48-19-20-50-31(24-48)26-58-44-36-25-51(39-13-14-42(53)47-45(39)54)46(55)33(36)11-12-38(44)50/h2-12,21-22,28,31,37,39,43,52H,13-20,23-27H2,1H3,(H,47,53,54)/t31-,37-,39?,43-/m1/s1. The van der Waals surface area contributed by atoms with E-state index in [1.165, 1.54) is 11.3 Å². The summed E-state index contributed by atoms with van der Waals surface area (Å²) in [6.07, 6.45) is 2.81. The van der Waals surface area contributed by atoms with Gasteiger partial charge in [-0.15, -0.1) is 0 Å². The molecule has 3 amide bonds. The van der Waals surface area contributed by atoms with Crippen molar-refractivity contribution in [1.29, 1.82) is 0 Å². The minimum absolute atomic E-state index is 0.00496. The lowest BCUT2D eigenvalue weighted by Crippen LogP contribution is -2.58. The number of carbonyl (C=O) groups is 3. The topological polar surface area (TPSA) is 124 Å². The van der Waals surface area contributed by atoms with Gasteiger partial charge >= 0.3 is 0 Å². The molecular weight excluding hydrogens is 735 g/mol. The molecule has 0 bridgehead atoms. The number of anilines is 2. The number of phenols is 1. The van der Waals surface area contributed by atoms with E-state index < -0.39 is 11.9 Å². The molecule has 10 rings (SSSR count). The molecule has 1 unspecified atom stereocenters. The zero-order valence-corrected chi connectivity index (χ0v) is 32.8. The monoisotopic (exact) mass is 783 g/mol. The van der Waals surface area contributed by atoms with Crippen LogP contribution >= 0.6 is 0 Å². The first-order valence-corrected chi connectivity index (χ1v) is 20.7. The molecule has 0 aromatic heterocycles. The van der Waals surface area contributed by atoms with Gasteiger partial charge in [0.15, 0.2) is 0 Å². The molecule has 58 heavy (non-hydrogen) atoms. The van der Waals surface area contributed by atoms with E-state index in [0.717, 1.165) is 86.0 Å². The van der Waals surface area contributed by atoms with Gasteiger partial charge in [0.2, 0.25) is 11.8 Å². The van der Waals surface area contributed by atoms with Crippen LogP contribution in [0.25, 0.3) is 0 Å². The quantitative estimate of drug-likeness (QED) is 0.240. The van der Waals surface area contributed by atoms with Crippen LogP contribution in [0.3, 0.4) is 0 Å². The Morgan fingerprint density at radius 1 is 0.845 bits per heavy atom. The van der Waals surface area contributed by atoms with Gasteiger partial charge in [-0.05, 0) is 55.0 Å². The Labute approximate surface area is 338 Å². The van der Waals surface area contributed by atoms with Gasteiger partial charge < -0.3 is 34.0 Å². The Bertz CT molecular complexity index is 2260. The van der Waals surface area contributed by atoms with Crippen molar-refractivity contribution >= 4 is 29.1 Å². The van der Waals surface area contributed by atoms with Gasteiger partial charge in [-0.3, -0.25) is 24.6 Å². The average molecular weight is 784 g/mol. The summed E-state index contributed by atoms with van der Waals surface area (Å²) in [6.45, 7) is 7.19. The number of hydrogen-bond acceptors (Lipinski definition) is 10. The number of rotatable bonds is 7. The summed E-state index contributed by atoms with van der Waals surface area (Å²) in [7, 11) is 1.75. The van der Waals surface area contributed by atoms with Crippen LogP contribution in [0.4, 0.5) is 11.4 Å². The lowest BCUT2D eigenvalue weighted by Gasteiger charge is -2.47. The molecule has 300 valence electrons. The number of fused-ring (bicyclic) bond motifs is 6. The molecule has 4 aromatic carbocycles. The maximum atomic E-state index is 13.4. The zero-order valence-electron chi connectivity index (χ0n) is 32.8. The molecule has 12 heteroatoms. The predicted molar refractivity (Wildman–Crippen MR) is 218 cm³/mol. The fraction of sp³-hybridized carbons (Fsp3) is 0.413. The molecule has 4 aromatic rings. The number of amides is 3. The lowest BCUT2D eigenvalue weighted by molar-refractivity contribution is -0.136. The molecular formula is C46H49N5O7. The molecule has 6 heterocycles. The van der Waals surface area contributed by atoms with Crippen LogP contribution in [0.15, 0.2) is 78.9 Å². The molecule has 2 N–H and O–H groups in total. The lowest BCUT2D eigenvalue weighted by atomic mass is 9.75. The van der Waals surface area contributed by atoms with Crippen molar-refractivity contribution in [1.82, 2.24) is 15.1 Å². The molecule has 0 spiro atoms. The van der Waals surface area contributed by atoms with Gasteiger partial charge in [0, 0.05) is 97.6 Å². The van der Waals surface area contributed by atoms with Crippen LogP contribution in [0, 0.1) is 5.92 Å². The molecule has 3 fully saturated rings. The zero-order chi connectivity index (χ0) is 39.5. The highest BCUT2D eigenvalue weighted by Crippen LogP contribution is 2.50. The molecule has 4 atom stereocenters. The van der Waals surface area contributed by atoms with E-state index in [4.69, 9.17) is 14.2 Å². The highest BCUT2D eigenvalue weighted by atomic mass is 16.5. The number of nitrogens with zero attached hydrogens (tertiary/aromatic N) is 4. The molecule has 0 aliphatic carbocycles. The summed E-state index contributed by atoms with van der Waals surface area (Å²) in [6, 6.07) is 26.1. The normalized spacial score (nSPS) is 24.6. The van der Waals surface area contributed by atoms with Crippen LogP contribution in [0.2, 0.25) is 0 Å². The van der Waals surface area contributed by atoms with Crippen molar-refractivity contribution in [2.45, 2.75) is 56.1 Å². The second-order valence-corrected chi connectivity index (χ2v) is 16.6. The molecule has 0 radical (unpaired) electrons. The summed E-state index contributed by atoms with van der Waals surface area (Å²) in [5, 5.41) is 12.6. The Morgan fingerprint density at radius 3 is 2.48 bits per heavy atom. The van der Waals surface area contributed by atoms with Crippen molar-refractivity contribution in [3.63, 3.8) is 0 Å². The van der Waals surface area contributed by atoms with Gasteiger partial charge in [0.05, 0.1) is 32.0 Å². The van der Waals surface area contributed by atoms with Gasteiger partial charge in [0.1, 0.15) is 35.6 Å². The first-order valence-electron chi connectivity index (χ1n) is 20.7. The summed E-state index contributed by atoms with van der Waals surface area (Å²) in [5.74, 6) is 2.38. The number of methoxy groups -OCH3 is 1. The van der Waals surface area contributed by atoms with Crippen molar-refractivity contribution in [3.8, 4) is 23.0 Å². The predicted octanol–water partition coefficient (Wildman–Crippen LogP) is 5.27.